The predicted octanol–water partition coefficient (Wildman–Crippen LogP) is 5.42. The highest BCUT2D eigenvalue weighted by Crippen LogP contribution is 2.28. The summed E-state index contributed by atoms with van der Waals surface area (Å²) in [6.07, 6.45) is 5.73. The Morgan fingerprint density at radius 3 is 1.55 bits per heavy atom. The summed E-state index contributed by atoms with van der Waals surface area (Å²) in [5, 5.41) is 0. The molecule has 33 heavy (non-hydrogen) atoms. The minimum absolute atomic E-state index is 0.0947. The normalized spacial score (nSPS) is 12.7. The summed E-state index contributed by atoms with van der Waals surface area (Å²) < 4.78 is 15.3. The van der Waals surface area contributed by atoms with Gasteiger partial charge < -0.3 is 14.2 Å². The van der Waals surface area contributed by atoms with E-state index in [2.05, 4.69) is 0 Å². The molecule has 1 unspecified atom stereocenters. The maximum Gasteiger partial charge on any atom is 0.316 e. The molecule has 0 aliphatic heterocycles. The van der Waals surface area contributed by atoms with Crippen LogP contribution >= 0.6 is 0 Å². The van der Waals surface area contributed by atoms with Crippen molar-refractivity contribution in [3.63, 3.8) is 0 Å². The minimum atomic E-state index is -0.758. The molecule has 0 N–H and O–H groups in total. The van der Waals surface area contributed by atoms with Crippen LogP contribution < -0.4 is 0 Å². The van der Waals surface area contributed by atoms with E-state index in [-0.39, 0.29) is 24.3 Å². The number of esters is 3. The van der Waals surface area contributed by atoms with Crippen LogP contribution in [0.25, 0.3) is 0 Å². The van der Waals surface area contributed by atoms with Gasteiger partial charge in [-0.3, -0.25) is 19.2 Å². The molecule has 0 fully saturated rings. The second kappa shape index (κ2) is 15.8. The maximum atomic E-state index is 12.7. The average molecular weight is 471 g/mol. The Bertz CT molecular complexity index is 622. The number of carbonyl (C=O) groups excluding carboxylic acids is 4. The smallest absolute Gasteiger partial charge is 0.316 e. The van der Waals surface area contributed by atoms with Crippen LogP contribution in [-0.2, 0) is 33.4 Å². The van der Waals surface area contributed by atoms with E-state index in [1.54, 1.807) is 20.8 Å². The van der Waals surface area contributed by atoms with Crippen LogP contribution in [0.4, 0.5) is 0 Å². The number of Topliss-reactive ketones (excluding diaryl/α,β-unsaturated/α-hetero) is 1. The Morgan fingerprint density at radius 1 is 0.636 bits per heavy atom. The van der Waals surface area contributed by atoms with Crippen molar-refractivity contribution in [3.8, 4) is 0 Å². The Hall–Kier alpha value is -1.92. The second-order valence-corrected chi connectivity index (χ2v) is 9.79. The van der Waals surface area contributed by atoms with Gasteiger partial charge in [0.2, 0.25) is 0 Å². The monoisotopic (exact) mass is 470 g/mol. The second-order valence-electron chi connectivity index (χ2n) is 9.79. The Kier molecular flexibility index (Phi) is 14.9. The summed E-state index contributed by atoms with van der Waals surface area (Å²) in [6.45, 7) is 13.7. The minimum Gasteiger partial charge on any atom is -0.466 e. The third-order valence-corrected chi connectivity index (χ3v) is 5.89. The molecular weight excluding hydrogens is 424 g/mol. The zero-order valence-corrected chi connectivity index (χ0v) is 21.9. The van der Waals surface area contributed by atoms with Gasteiger partial charge in [-0.2, -0.15) is 0 Å². The lowest BCUT2D eigenvalue weighted by molar-refractivity contribution is -0.154. The van der Waals surface area contributed by atoms with Gasteiger partial charge in [0.15, 0.2) is 0 Å². The zero-order valence-electron chi connectivity index (χ0n) is 21.9. The number of ketones is 1. The molecule has 7 heteroatoms. The van der Waals surface area contributed by atoms with E-state index in [1.807, 2.05) is 27.7 Å². The van der Waals surface area contributed by atoms with E-state index >= 15 is 0 Å². The van der Waals surface area contributed by atoms with Gasteiger partial charge in [0.05, 0.1) is 30.7 Å². The van der Waals surface area contributed by atoms with Crippen molar-refractivity contribution in [1.82, 2.24) is 0 Å². The lowest BCUT2D eigenvalue weighted by Crippen LogP contribution is -2.28. The molecule has 0 aliphatic carbocycles. The number of hydrogen-bond acceptors (Lipinski definition) is 7. The predicted molar refractivity (Wildman–Crippen MR) is 128 cm³/mol. The molecule has 0 saturated carbocycles. The lowest BCUT2D eigenvalue weighted by atomic mass is 9.85. The van der Waals surface area contributed by atoms with Crippen LogP contribution in [0.3, 0.4) is 0 Å². The topological polar surface area (TPSA) is 96.0 Å². The van der Waals surface area contributed by atoms with Crippen molar-refractivity contribution in [3.05, 3.63) is 0 Å². The summed E-state index contributed by atoms with van der Waals surface area (Å²) in [5.74, 6) is -1.74. The van der Waals surface area contributed by atoms with Crippen molar-refractivity contribution in [1.29, 1.82) is 0 Å². The fourth-order valence-corrected chi connectivity index (χ4v) is 3.64. The Labute approximate surface area is 200 Å². The average Bonchev–Trinajstić information content (AvgIpc) is 2.73. The van der Waals surface area contributed by atoms with E-state index < -0.39 is 22.7 Å². The summed E-state index contributed by atoms with van der Waals surface area (Å²) >= 11 is 0. The number of rotatable bonds is 18. The fraction of sp³-hybridized carbons (Fsp3) is 0.846. The number of ether oxygens (including phenoxy) is 3. The van der Waals surface area contributed by atoms with Gasteiger partial charge in [0.25, 0.3) is 0 Å². The third kappa shape index (κ3) is 12.2. The van der Waals surface area contributed by atoms with Gasteiger partial charge in [-0.05, 0) is 74.1 Å². The Balaban J connectivity index is 4.57. The number of carbonyl (C=O) groups is 4. The van der Waals surface area contributed by atoms with Crippen molar-refractivity contribution in [2.24, 2.45) is 16.7 Å². The first-order valence-electron chi connectivity index (χ1n) is 12.5. The standard InChI is InChI=1S/C26H46O7/c1-8-31-22(28)20(16-13-15-19-26(6,7)24(30)33-10-3)21(27)17-12-11-14-18-25(4,5)23(29)32-9-2/h20H,8-19H2,1-7H3. The Morgan fingerprint density at radius 2 is 1.09 bits per heavy atom. The molecule has 0 aliphatic rings. The summed E-state index contributed by atoms with van der Waals surface area (Å²) in [7, 11) is 0. The van der Waals surface area contributed by atoms with Crippen molar-refractivity contribution in [2.75, 3.05) is 19.8 Å². The van der Waals surface area contributed by atoms with Crippen LogP contribution in [0.1, 0.15) is 106 Å². The first-order chi connectivity index (χ1) is 15.4. The molecule has 1 atom stereocenters. The maximum absolute atomic E-state index is 12.7. The van der Waals surface area contributed by atoms with Gasteiger partial charge in [-0.1, -0.05) is 25.7 Å². The first-order valence-corrected chi connectivity index (χ1v) is 12.5. The summed E-state index contributed by atoms with van der Waals surface area (Å²) in [5.41, 5.74) is -1.12. The quantitative estimate of drug-likeness (QED) is 0.114. The molecular formula is C26H46O7. The highest BCUT2D eigenvalue weighted by Gasteiger charge is 2.31. The third-order valence-electron chi connectivity index (χ3n) is 5.89. The van der Waals surface area contributed by atoms with Gasteiger partial charge in [0.1, 0.15) is 11.7 Å². The van der Waals surface area contributed by atoms with Crippen molar-refractivity contribution < 1.29 is 33.4 Å². The molecule has 0 aromatic rings. The summed E-state index contributed by atoms with van der Waals surface area (Å²) in [4.78, 5) is 49.1. The molecule has 0 radical (unpaired) electrons. The molecule has 0 aromatic heterocycles. The van der Waals surface area contributed by atoms with E-state index in [0.717, 1.165) is 19.3 Å². The van der Waals surface area contributed by atoms with Crippen LogP contribution in [0.15, 0.2) is 0 Å². The first kappa shape index (κ1) is 31.1. The SMILES string of the molecule is CCOC(=O)C(CCCCC(C)(C)C(=O)OCC)C(=O)CCCCCC(C)(C)C(=O)OCC. The van der Waals surface area contributed by atoms with Crippen molar-refractivity contribution in [2.45, 2.75) is 106 Å². The van der Waals surface area contributed by atoms with Gasteiger partial charge >= 0.3 is 17.9 Å². The van der Waals surface area contributed by atoms with Gasteiger partial charge in [-0.25, -0.2) is 0 Å². The van der Waals surface area contributed by atoms with E-state index in [9.17, 15) is 19.2 Å². The van der Waals surface area contributed by atoms with Gasteiger partial charge in [-0.15, -0.1) is 0 Å². The molecule has 0 rings (SSSR count). The largest absolute Gasteiger partial charge is 0.466 e. The molecule has 0 bridgehead atoms. The van der Waals surface area contributed by atoms with Crippen molar-refractivity contribution >= 4 is 23.7 Å². The molecule has 0 heterocycles. The van der Waals surface area contributed by atoms with Gasteiger partial charge in [0, 0.05) is 6.42 Å². The van der Waals surface area contributed by atoms with E-state index in [4.69, 9.17) is 14.2 Å². The van der Waals surface area contributed by atoms with Crippen LogP contribution in [0, 0.1) is 16.7 Å². The van der Waals surface area contributed by atoms with Crippen LogP contribution in [0.5, 0.6) is 0 Å². The highest BCUT2D eigenvalue weighted by atomic mass is 16.5. The van der Waals surface area contributed by atoms with E-state index in [0.29, 0.717) is 51.7 Å². The molecule has 0 spiro atoms. The van der Waals surface area contributed by atoms with Crippen LogP contribution in [0.2, 0.25) is 0 Å². The fourth-order valence-electron chi connectivity index (χ4n) is 3.64. The van der Waals surface area contributed by atoms with E-state index in [1.165, 1.54) is 0 Å². The summed E-state index contributed by atoms with van der Waals surface area (Å²) in [6, 6.07) is 0. The molecule has 7 nitrogen and oxygen atoms in total. The molecule has 0 aromatic carbocycles. The molecule has 0 amide bonds. The number of unbranched alkanes of at least 4 members (excludes halogenated alkanes) is 3. The molecule has 192 valence electrons. The molecule has 0 saturated heterocycles. The van der Waals surface area contributed by atoms with Crippen LogP contribution in [-0.4, -0.2) is 43.5 Å². The zero-order chi connectivity index (χ0) is 25.5. The highest BCUT2D eigenvalue weighted by molar-refractivity contribution is 5.98. The number of hydrogen-bond donors (Lipinski definition) is 0. The lowest BCUT2D eigenvalue weighted by Gasteiger charge is -2.22.